The molecule has 3 rings (SSSR count). The second-order valence-corrected chi connectivity index (χ2v) is 4.60. The van der Waals surface area contributed by atoms with E-state index in [0.717, 1.165) is 17.4 Å². The first-order chi connectivity index (χ1) is 9.88. The molecular weight excluding hydrogens is 250 g/mol. The van der Waals surface area contributed by atoms with E-state index in [1.54, 1.807) is 0 Å². The molecule has 1 heterocycles. The van der Waals surface area contributed by atoms with Crippen molar-refractivity contribution < 1.29 is 4.74 Å². The zero-order chi connectivity index (χ0) is 13.8. The van der Waals surface area contributed by atoms with Crippen LogP contribution in [0.3, 0.4) is 0 Å². The van der Waals surface area contributed by atoms with E-state index in [9.17, 15) is 0 Å². The fourth-order valence-electron chi connectivity index (χ4n) is 2.24. The van der Waals surface area contributed by atoms with E-state index < -0.39 is 0 Å². The standard InChI is InChI=1S/C16H17N3O/c17-10-11-20-16-14-8-4-5-9-15(14)19(18-16)12-13-6-2-1-3-7-13/h1-9H,10-12,17H2. The third-order valence-corrected chi connectivity index (χ3v) is 3.16. The molecule has 102 valence electrons. The van der Waals surface area contributed by atoms with E-state index in [0.29, 0.717) is 19.0 Å². The highest BCUT2D eigenvalue weighted by Gasteiger charge is 2.11. The van der Waals surface area contributed by atoms with Crippen molar-refractivity contribution in [3.8, 4) is 5.88 Å². The van der Waals surface area contributed by atoms with Gasteiger partial charge in [-0.1, -0.05) is 42.5 Å². The summed E-state index contributed by atoms with van der Waals surface area (Å²) in [5.41, 5.74) is 7.78. The van der Waals surface area contributed by atoms with Crippen LogP contribution in [-0.2, 0) is 6.54 Å². The Bertz CT molecular complexity index is 691. The van der Waals surface area contributed by atoms with Crippen molar-refractivity contribution in [3.05, 3.63) is 60.2 Å². The van der Waals surface area contributed by atoms with Crippen molar-refractivity contribution in [2.24, 2.45) is 5.73 Å². The summed E-state index contributed by atoms with van der Waals surface area (Å²) in [7, 11) is 0. The largest absolute Gasteiger partial charge is 0.475 e. The summed E-state index contributed by atoms with van der Waals surface area (Å²) in [6.07, 6.45) is 0. The van der Waals surface area contributed by atoms with Gasteiger partial charge in [-0.2, -0.15) is 0 Å². The molecule has 0 unspecified atom stereocenters. The molecule has 0 atom stereocenters. The minimum atomic E-state index is 0.479. The quantitative estimate of drug-likeness (QED) is 0.772. The topological polar surface area (TPSA) is 53.1 Å². The van der Waals surface area contributed by atoms with Gasteiger partial charge in [-0.05, 0) is 17.7 Å². The Kier molecular flexibility index (Phi) is 3.65. The summed E-state index contributed by atoms with van der Waals surface area (Å²) in [5, 5.41) is 5.59. The van der Waals surface area contributed by atoms with E-state index in [1.165, 1.54) is 5.56 Å². The molecule has 4 nitrogen and oxygen atoms in total. The fourth-order valence-corrected chi connectivity index (χ4v) is 2.24. The number of ether oxygens (including phenoxy) is 1. The summed E-state index contributed by atoms with van der Waals surface area (Å²) in [5.74, 6) is 0.655. The zero-order valence-corrected chi connectivity index (χ0v) is 11.2. The van der Waals surface area contributed by atoms with Crippen molar-refractivity contribution in [2.75, 3.05) is 13.2 Å². The van der Waals surface area contributed by atoms with Crippen LogP contribution >= 0.6 is 0 Å². The lowest BCUT2D eigenvalue weighted by Gasteiger charge is -2.03. The van der Waals surface area contributed by atoms with Crippen LogP contribution in [0.1, 0.15) is 5.56 Å². The van der Waals surface area contributed by atoms with Crippen molar-refractivity contribution in [1.29, 1.82) is 0 Å². The molecule has 1 aromatic heterocycles. The number of nitrogens with two attached hydrogens (primary N) is 1. The van der Waals surface area contributed by atoms with E-state index in [2.05, 4.69) is 23.3 Å². The summed E-state index contributed by atoms with van der Waals surface area (Å²) in [4.78, 5) is 0. The number of hydrogen-bond acceptors (Lipinski definition) is 3. The minimum Gasteiger partial charge on any atom is -0.475 e. The second-order valence-electron chi connectivity index (χ2n) is 4.60. The Hall–Kier alpha value is -2.33. The molecule has 3 aromatic rings. The van der Waals surface area contributed by atoms with E-state index in [4.69, 9.17) is 10.5 Å². The first-order valence-corrected chi connectivity index (χ1v) is 6.71. The van der Waals surface area contributed by atoms with Crippen LogP contribution in [0.5, 0.6) is 5.88 Å². The molecule has 0 saturated heterocycles. The van der Waals surface area contributed by atoms with Gasteiger partial charge in [-0.25, -0.2) is 0 Å². The molecular formula is C16H17N3O. The van der Waals surface area contributed by atoms with Crippen molar-refractivity contribution >= 4 is 10.9 Å². The van der Waals surface area contributed by atoms with E-state index >= 15 is 0 Å². The molecule has 20 heavy (non-hydrogen) atoms. The van der Waals surface area contributed by atoms with Gasteiger partial charge in [0.25, 0.3) is 0 Å². The van der Waals surface area contributed by atoms with Crippen LogP contribution in [0, 0.1) is 0 Å². The highest BCUT2D eigenvalue weighted by Crippen LogP contribution is 2.25. The molecule has 0 aliphatic rings. The predicted octanol–water partition coefficient (Wildman–Crippen LogP) is 2.42. The van der Waals surface area contributed by atoms with Crippen molar-refractivity contribution in [1.82, 2.24) is 9.78 Å². The lowest BCUT2D eigenvalue weighted by Crippen LogP contribution is -2.11. The van der Waals surface area contributed by atoms with Gasteiger partial charge in [-0.3, -0.25) is 4.68 Å². The molecule has 0 spiro atoms. The van der Waals surface area contributed by atoms with Crippen LogP contribution in [0.2, 0.25) is 0 Å². The highest BCUT2D eigenvalue weighted by molar-refractivity contribution is 5.84. The first-order valence-electron chi connectivity index (χ1n) is 6.71. The van der Waals surface area contributed by atoms with E-state index in [-0.39, 0.29) is 0 Å². The smallest absolute Gasteiger partial charge is 0.240 e. The summed E-state index contributed by atoms with van der Waals surface area (Å²) < 4.78 is 7.60. The average molecular weight is 267 g/mol. The van der Waals surface area contributed by atoms with Gasteiger partial charge >= 0.3 is 0 Å². The molecule has 2 aromatic carbocycles. The van der Waals surface area contributed by atoms with Crippen LogP contribution < -0.4 is 10.5 Å². The molecule has 4 heteroatoms. The summed E-state index contributed by atoms with van der Waals surface area (Å²) in [6, 6.07) is 18.4. The van der Waals surface area contributed by atoms with Gasteiger partial charge in [-0.15, -0.1) is 5.10 Å². The van der Waals surface area contributed by atoms with Crippen molar-refractivity contribution in [3.63, 3.8) is 0 Å². The molecule has 0 radical (unpaired) electrons. The number of hydrogen-bond donors (Lipinski definition) is 1. The third kappa shape index (κ3) is 2.51. The molecule has 0 aliphatic heterocycles. The highest BCUT2D eigenvalue weighted by atomic mass is 16.5. The number of benzene rings is 2. The molecule has 0 saturated carbocycles. The molecule has 0 amide bonds. The lowest BCUT2D eigenvalue weighted by atomic mass is 10.2. The van der Waals surface area contributed by atoms with Gasteiger partial charge < -0.3 is 10.5 Å². The molecule has 2 N–H and O–H groups in total. The van der Waals surface area contributed by atoms with Gasteiger partial charge in [0.05, 0.1) is 17.4 Å². The van der Waals surface area contributed by atoms with Gasteiger partial charge in [0.1, 0.15) is 6.61 Å². The van der Waals surface area contributed by atoms with Crippen LogP contribution in [0.15, 0.2) is 54.6 Å². The van der Waals surface area contributed by atoms with Gasteiger partial charge in [0.2, 0.25) is 5.88 Å². The fraction of sp³-hybridized carbons (Fsp3) is 0.188. The second kappa shape index (κ2) is 5.75. The molecule has 0 fully saturated rings. The summed E-state index contributed by atoms with van der Waals surface area (Å²) in [6.45, 7) is 1.69. The number of aromatic nitrogens is 2. The Labute approximate surface area is 117 Å². The van der Waals surface area contributed by atoms with Crippen LogP contribution in [-0.4, -0.2) is 22.9 Å². The van der Waals surface area contributed by atoms with Crippen LogP contribution in [0.25, 0.3) is 10.9 Å². The van der Waals surface area contributed by atoms with Crippen molar-refractivity contribution in [2.45, 2.75) is 6.54 Å². The lowest BCUT2D eigenvalue weighted by molar-refractivity contribution is 0.314. The number of rotatable bonds is 5. The normalized spacial score (nSPS) is 10.8. The van der Waals surface area contributed by atoms with Gasteiger partial charge in [0, 0.05) is 6.54 Å². The number of nitrogens with zero attached hydrogens (tertiary/aromatic N) is 2. The van der Waals surface area contributed by atoms with E-state index in [1.807, 2.05) is 41.1 Å². The Morgan fingerprint density at radius 1 is 1.00 bits per heavy atom. The third-order valence-electron chi connectivity index (χ3n) is 3.16. The monoisotopic (exact) mass is 267 g/mol. The maximum atomic E-state index is 5.63. The molecule has 0 aliphatic carbocycles. The number of fused-ring (bicyclic) bond motifs is 1. The van der Waals surface area contributed by atoms with Gasteiger partial charge in [0.15, 0.2) is 0 Å². The zero-order valence-electron chi connectivity index (χ0n) is 11.2. The number of para-hydroxylation sites is 1. The minimum absolute atomic E-state index is 0.479. The molecule has 0 bridgehead atoms. The Morgan fingerprint density at radius 3 is 2.55 bits per heavy atom. The first kappa shape index (κ1) is 12.7. The maximum Gasteiger partial charge on any atom is 0.240 e. The SMILES string of the molecule is NCCOc1nn(Cc2ccccc2)c2ccccc12. The van der Waals surface area contributed by atoms with Crippen LogP contribution in [0.4, 0.5) is 0 Å². The maximum absolute atomic E-state index is 5.63. The Morgan fingerprint density at radius 2 is 1.75 bits per heavy atom. The average Bonchev–Trinajstić information content (AvgIpc) is 2.85. The Balaban J connectivity index is 1.98. The predicted molar refractivity (Wildman–Crippen MR) is 79.8 cm³/mol. The summed E-state index contributed by atoms with van der Waals surface area (Å²) >= 11 is 0.